The summed E-state index contributed by atoms with van der Waals surface area (Å²) in [5, 5.41) is 8.75. The Bertz CT molecular complexity index is 329. The number of hydrogen-bond donors (Lipinski definition) is 1. The summed E-state index contributed by atoms with van der Waals surface area (Å²) in [7, 11) is 0. The number of amides is 2. The lowest BCUT2D eigenvalue weighted by molar-refractivity contribution is -0.177. The molecule has 0 saturated carbocycles. The zero-order valence-corrected chi connectivity index (χ0v) is 8.50. The molecule has 1 saturated heterocycles. The van der Waals surface area contributed by atoms with Crippen LogP contribution in [0.4, 0.5) is 0 Å². The summed E-state index contributed by atoms with van der Waals surface area (Å²) >= 11 is 0. The molecular weight excluding hydrogens is 222 g/mol. The monoisotopic (exact) mass is 231 g/mol. The van der Waals surface area contributed by atoms with Gasteiger partial charge in [0, 0.05) is 13.8 Å². The fraction of sp³-hybridized carbons (Fsp3) is 0.500. The summed E-state index contributed by atoms with van der Waals surface area (Å²) in [6.45, 7) is 2.03. The molecular formula is C8H9NO7. The van der Waals surface area contributed by atoms with Gasteiger partial charge < -0.3 is 9.47 Å². The highest BCUT2D eigenvalue weighted by Crippen LogP contribution is 2.18. The molecule has 2 amide bonds. The van der Waals surface area contributed by atoms with Gasteiger partial charge in [-0.3, -0.25) is 24.4 Å². The molecule has 1 fully saturated rings. The first-order valence-electron chi connectivity index (χ1n) is 4.25. The molecule has 8 nitrogen and oxygen atoms in total. The SMILES string of the molecule is CC(=O)OC1C(=O)N(O)C(=O)C1OC(C)=O. The van der Waals surface area contributed by atoms with Gasteiger partial charge in [-0.05, 0) is 0 Å². The van der Waals surface area contributed by atoms with E-state index in [-0.39, 0.29) is 5.06 Å². The van der Waals surface area contributed by atoms with E-state index in [1.54, 1.807) is 0 Å². The standard InChI is InChI=1S/C8H9NO7/c1-3(10)15-5-6(16-4(2)11)8(13)9(14)7(5)12/h5-6,14H,1-2H3. The number of hydroxylamine groups is 2. The average molecular weight is 231 g/mol. The molecule has 0 radical (unpaired) electrons. The van der Waals surface area contributed by atoms with E-state index in [0.717, 1.165) is 13.8 Å². The number of nitrogens with zero attached hydrogens (tertiary/aromatic N) is 1. The molecule has 0 bridgehead atoms. The third-order valence-electron chi connectivity index (χ3n) is 1.77. The maximum atomic E-state index is 11.2. The topological polar surface area (TPSA) is 110 Å². The number of imide groups is 1. The van der Waals surface area contributed by atoms with Gasteiger partial charge in [0.15, 0.2) is 0 Å². The number of hydrogen-bond acceptors (Lipinski definition) is 7. The van der Waals surface area contributed by atoms with Gasteiger partial charge in [-0.1, -0.05) is 0 Å². The maximum Gasteiger partial charge on any atom is 0.303 e. The van der Waals surface area contributed by atoms with Gasteiger partial charge in [-0.2, -0.15) is 0 Å². The molecule has 0 aliphatic carbocycles. The molecule has 1 aliphatic heterocycles. The summed E-state index contributed by atoms with van der Waals surface area (Å²) in [6.07, 6.45) is -3.25. The van der Waals surface area contributed by atoms with Gasteiger partial charge in [0.1, 0.15) is 0 Å². The Morgan fingerprint density at radius 3 is 1.62 bits per heavy atom. The van der Waals surface area contributed by atoms with E-state index < -0.39 is 36.0 Å². The van der Waals surface area contributed by atoms with Crippen molar-refractivity contribution in [3.8, 4) is 0 Å². The van der Waals surface area contributed by atoms with Crippen molar-refractivity contribution in [3.63, 3.8) is 0 Å². The van der Waals surface area contributed by atoms with Crippen LogP contribution in [-0.2, 0) is 28.7 Å². The van der Waals surface area contributed by atoms with Crippen LogP contribution in [-0.4, -0.2) is 46.2 Å². The minimum absolute atomic E-state index is 0.235. The fourth-order valence-corrected chi connectivity index (χ4v) is 1.19. The van der Waals surface area contributed by atoms with Crippen LogP contribution < -0.4 is 0 Å². The number of carbonyl (C=O) groups excluding carboxylic acids is 4. The van der Waals surface area contributed by atoms with Gasteiger partial charge in [0.2, 0.25) is 12.2 Å². The van der Waals surface area contributed by atoms with Crippen LogP contribution in [0.15, 0.2) is 0 Å². The van der Waals surface area contributed by atoms with E-state index in [2.05, 4.69) is 9.47 Å². The third-order valence-corrected chi connectivity index (χ3v) is 1.77. The van der Waals surface area contributed by atoms with Gasteiger partial charge in [0.25, 0.3) is 11.8 Å². The van der Waals surface area contributed by atoms with Crippen LogP contribution in [0.5, 0.6) is 0 Å². The first-order valence-corrected chi connectivity index (χ1v) is 4.25. The molecule has 1 N–H and O–H groups in total. The molecule has 8 heteroatoms. The molecule has 16 heavy (non-hydrogen) atoms. The minimum Gasteiger partial charge on any atom is -0.448 e. The Balaban J connectivity index is 2.91. The third kappa shape index (κ3) is 2.16. The molecule has 1 aliphatic rings. The molecule has 0 aromatic carbocycles. The van der Waals surface area contributed by atoms with E-state index in [4.69, 9.17) is 5.21 Å². The number of esters is 2. The highest BCUT2D eigenvalue weighted by atomic mass is 16.6. The van der Waals surface area contributed by atoms with Crippen molar-refractivity contribution in [2.45, 2.75) is 26.1 Å². The predicted octanol–water partition coefficient (Wildman–Crippen LogP) is -1.39. The summed E-state index contributed by atoms with van der Waals surface area (Å²) in [5.74, 6) is -3.96. The van der Waals surface area contributed by atoms with Crippen LogP contribution in [0.3, 0.4) is 0 Å². The smallest absolute Gasteiger partial charge is 0.303 e. The molecule has 2 unspecified atom stereocenters. The van der Waals surface area contributed by atoms with Crippen molar-refractivity contribution >= 4 is 23.8 Å². The molecule has 1 heterocycles. The fourth-order valence-electron chi connectivity index (χ4n) is 1.19. The number of ether oxygens (including phenoxy) is 2. The van der Waals surface area contributed by atoms with Crippen molar-refractivity contribution in [2.24, 2.45) is 0 Å². The summed E-state index contributed by atoms with van der Waals surface area (Å²) in [6, 6.07) is 0. The zero-order valence-electron chi connectivity index (χ0n) is 8.50. The molecule has 1 rings (SSSR count). The lowest BCUT2D eigenvalue weighted by Crippen LogP contribution is -2.36. The predicted molar refractivity (Wildman–Crippen MR) is 44.7 cm³/mol. The van der Waals surface area contributed by atoms with E-state index in [1.807, 2.05) is 0 Å². The van der Waals surface area contributed by atoms with Crippen molar-refractivity contribution in [2.75, 3.05) is 0 Å². The van der Waals surface area contributed by atoms with Gasteiger partial charge >= 0.3 is 11.9 Å². The van der Waals surface area contributed by atoms with Crippen molar-refractivity contribution in [1.82, 2.24) is 5.06 Å². The van der Waals surface area contributed by atoms with E-state index in [9.17, 15) is 19.2 Å². The Morgan fingerprint density at radius 1 is 1.06 bits per heavy atom. The van der Waals surface area contributed by atoms with Crippen molar-refractivity contribution < 1.29 is 33.9 Å². The van der Waals surface area contributed by atoms with Crippen LogP contribution >= 0.6 is 0 Å². The lowest BCUT2D eigenvalue weighted by Gasteiger charge is -2.14. The maximum absolute atomic E-state index is 11.2. The molecule has 0 aromatic rings. The van der Waals surface area contributed by atoms with Crippen molar-refractivity contribution in [3.05, 3.63) is 0 Å². The Labute approximate surface area is 89.7 Å². The minimum atomic E-state index is -1.63. The van der Waals surface area contributed by atoms with E-state index in [0.29, 0.717) is 0 Å². The number of carbonyl (C=O) groups is 4. The zero-order chi connectivity index (χ0) is 12.5. The quantitative estimate of drug-likeness (QED) is 0.353. The largest absolute Gasteiger partial charge is 0.448 e. The Morgan fingerprint density at radius 2 is 1.38 bits per heavy atom. The van der Waals surface area contributed by atoms with Gasteiger partial charge in [-0.15, -0.1) is 5.06 Å². The summed E-state index contributed by atoms with van der Waals surface area (Å²) < 4.78 is 8.98. The average Bonchev–Trinajstić information content (AvgIpc) is 2.34. The normalized spacial score (nSPS) is 24.6. The summed E-state index contributed by atoms with van der Waals surface area (Å²) in [5.41, 5.74) is 0. The Kier molecular flexibility index (Phi) is 3.23. The molecule has 88 valence electrons. The Hall–Kier alpha value is -1.96. The highest BCUT2D eigenvalue weighted by Gasteiger charge is 2.52. The van der Waals surface area contributed by atoms with Crippen LogP contribution in [0.2, 0.25) is 0 Å². The lowest BCUT2D eigenvalue weighted by atomic mass is 10.2. The summed E-state index contributed by atoms with van der Waals surface area (Å²) in [4.78, 5) is 43.8. The van der Waals surface area contributed by atoms with Gasteiger partial charge in [0.05, 0.1) is 0 Å². The van der Waals surface area contributed by atoms with Crippen LogP contribution in [0.25, 0.3) is 0 Å². The van der Waals surface area contributed by atoms with Crippen LogP contribution in [0, 0.1) is 0 Å². The molecule has 2 atom stereocenters. The number of rotatable bonds is 2. The van der Waals surface area contributed by atoms with Crippen molar-refractivity contribution in [1.29, 1.82) is 0 Å². The van der Waals surface area contributed by atoms with E-state index >= 15 is 0 Å². The first kappa shape index (κ1) is 12.1. The first-order chi connectivity index (χ1) is 7.34. The highest BCUT2D eigenvalue weighted by molar-refractivity contribution is 6.07. The second-order valence-electron chi connectivity index (χ2n) is 3.05. The van der Waals surface area contributed by atoms with Crippen LogP contribution in [0.1, 0.15) is 13.8 Å². The molecule has 0 aromatic heterocycles. The van der Waals surface area contributed by atoms with E-state index in [1.165, 1.54) is 0 Å². The van der Waals surface area contributed by atoms with Gasteiger partial charge in [-0.25, -0.2) is 0 Å². The molecule has 0 spiro atoms. The second-order valence-corrected chi connectivity index (χ2v) is 3.05. The second kappa shape index (κ2) is 4.27.